The summed E-state index contributed by atoms with van der Waals surface area (Å²) in [5, 5.41) is 1.80. The summed E-state index contributed by atoms with van der Waals surface area (Å²) < 4.78 is 4.97. The van der Waals surface area contributed by atoms with Gasteiger partial charge in [0.05, 0.1) is 7.11 Å². The molecule has 0 radical (unpaired) electrons. The van der Waals surface area contributed by atoms with Crippen LogP contribution in [-0.4, -0.2) is 36.4 Å². The number of esters is 1. The zero-order chi connectivity index (χ0) is 9.56. The summed E-state index contributed by atoms with van der Waals surface area (Å²) in [4.78, 5) is 31.0. The van der Waals surface area contributed by atoms with Gasteiger partial charge in [0.25, 0.3) is 0 Å². The molecule has 0 saturated carbocycles. The third-order valence-corrected chi connectivity index (χ3v) is 1.25. The van der Waals surface area contributed by atoms with E-state index in [-0.39, 0.29) is 13.0 Å². The summed E-state index contributed by atoms with van der Waals surface area (Å²) in [5.74, 6) is -0.619. The van der Waals surface area contributed by atoms with Crippen molar-refractivity contribution in [2.24, 2.45) is 0 Å². The molecular formula is C5H8N2O4S. The van der Waals surface area contributed by atoms with Crippen LogP contribution in [-0.2, 0) is 14.3 Å². The minimum absolute atomic E-state index is 0.197. The average molecular weight is 192 g/mol. The van der Waals surface area contributed by atoms with Crippen LogP contribution in [0.15, 0.2) is 0 Å². The number of ether oxygens (including phenoxy) is 1. The zero-order valence-corrected chi connectivity index (χ0v) is 7.21. The topological polar surface area (TPSA) is 75.7 Å². The number of imide groups is 1. The highest BCUT2D eigenvalue weighted by molar-refractivity contribution is 7.78. The summed E-state index contributed by atoms with van der Waals surface area (Å²) in [6, 6.07) is -0.779. The number of hydrogen-bond acceptors (Lipinski definition) is 5. The molecule has 0 fully saturated rings. The normalized spacial score (nSPS) is 8.50. The van der Waals surface area contributed by atoms with Gasteiger partial charge < -0.3 is 4.74 Å². The Labute approximate surface area is 74.4 Å². The van der Waals surface area contributed by atoms with E-state index in [4.69, 9.17) is 0 Å². The van der Waals surface area contributed by atoms with Crippen LogP contribution in [0.25, 0.3) is 0 Å². The fourth-order valence-electron chi connectivity index (χ4n) is 0.384. The number of amides is 3. The van der Waals surface area contributed by atoms with Crippen LogP contribution in [0, 0.1) is 0 Å². The Morgan fingerprint density at radius 1 is 1.67 bits per heavy atom. The summed E-state index contributed by atoms with van der Waals surface area (Å²) in [7, 11) is 1.18. The van der Waals surface area contributed by atoms with Crippen LogP contribution in [0.1, 0.15) is 0 Å². The van der Waals surface area contributed by atoms with Crippen molar-refractivity contribution in [2.75, 3.05) is 13.7 Å². The van der Waals surface area contributed by atoms with Crippen LogP contribution < -0.4 is 5.32 Å². The zero-order valence-electron chi connectivity index (χ0n) is 6.31. The lowest BCUT2D eigenvalue weighted by Crippen LogP contribution is -2.36. The molecule has 0 bridgehead atoms. The maximum Gasteiger partial charge on any atom is 0.334 e. The van der Waals surface area contributed by atoms with E-state index >= 15 is 0 Å². The molecule has 0 atom stereocenters. The minimum Gasteiger partial charge on any atom is -0.468 e. The van der Waals surface area contributed by atoms with Crippen molar-refractivity contribution in [3.05, 3.63) is 0 Å². The van der Waals surface area contributed by atoms with E-state index in [1.54, 1.807) is 5.32 Å². The van der Waals surface area contributed by atoms with E-state index in [1.807, 2.05) is 0 Å². The number of nitrogens with one attached hydrogen (secondary N) is 1. The van der Waals surface area contributed by atoms with Crippen molar-refractivity contribution >= 4 is 31.2 Å². The first-order valence-electron chi connectivity index (χ1n) is 2.89. The van der Waals surface area contributed by atoms with Gasteiger partial charge >= 0.3 is 12.0 Å². The fourth-order valence-corrected chi connectivity index (χ4v) is 0.557. The predicted molar refractivity (Wildman–Crippen MR) is 42.3 cm³/mol. The quantitative estimate of drug-likeness (QED) is 0.348. The Morgan fingerprint density at radius 2 is 2.25 bits per heavy atom. The van der Waals surface area contributed by atoms with Crippen molar-refractivity contribution in [2.45, 2.75) is 0 Å². The van der Waals surface area contributed by atoms with E-state index in [1.165, 1.54) is 7.11 Å². The molecule has 3 amide bonds. The highest BCUT2D eigenvalue weighted by Crippen LogP contribution is 1.93. The first kappa shape index (κ1) is 10.8. The Morgan fingerprint density at radius 3 is 2.67 bits per heavy atom. The van der Waals surface area contributed by atoms with E-state index in [2.05, 4.69) is 17.6 Å². The molecule has 6 nitrogen and oxygen atoms in total. The van der Waals surface area contributed by atoms with Gasteiger partial charge in [-0.3, -0.25) is 19.2 Å². The molecule has 0 aliphatic heterocycles. The second-order valence-electron chi connectivity index (χ2n) is 1.70. The molecule has 0 aliphatic rings. The van der Waals surface area contributed by atoms with Gasteiger partial charge in [-0.1, -0.05) is 12.8 Å². The maximum atomic E-state index is 10.7. The lowest BCUT2D eigenvalue weighted by atomic mass is 10.6. The third-order valence-electron chi connectivity index (χ3n) is 0.923. The van der Waals surface area contributed by atoms with Crippen LogP contribution in [0.2, 0.25) is 0 Å². The molecule has 0 aromatic carbocycles. The third kappa shape index (κ3) is 3.81. The summed E-state index contributed by atoms with van der Waals surface area (Å²) in [5.41, 5.74) is 0. The number of urea groups is 1. The minimum atomic E-state index is -0.779. The molecule has 0 aromatic heterocycles. The molecule has 68 valence electrons. The fraction of sp³-hybridized carbons (Fsp3) is 0.400. The van der Waals surface area contributed by atoms with Gasteiger partial charge in [0.1, 0.15) is 6.54 Å². The molecule has 7 heteroatoms. The molecule has 1 N–H and O–H groups in total. The number of carbonyl (C=O) groups is 3. The van der Waals surface area contributed by atoms with Gasteiger partial charge in [-0.25, -0.2) is 4.79 Å². The second kappa shape index (κ2) is 5.42. The number of nitrogens with zero attached hydrogens (tertiary/aromatic N) is 1. The standard InChI is InChI=1S/C5H8N2O4S/c1-11-4(9)2-7(12)5(10)6-3-8/h3,12H,2H2,1H3,(H,6,8,10). The van der Waals surface area contributed by atoms with E-state index in [9.17, 15) is 14.4 Å². The average Bonchev–Trinajstić information content (AvgIpc) is 2.04. The largest absolute Gasteiger partial charge is 0.468 e. The van der Waals surface area contributed by atoms with Gasteiger partial charge in [-0.2, -0.15) is 0 Å². The van der Waals surface area contributed by atoms with Crippen LogP contribution >= 0.6 is 12.8 Å². The van der Waals surface area contributed by atoms with Crippen molar-refractivity contribution in [3.8, 4) is 0 Å². The van der Waals surface area contributed by atoms with Crippen molar-refractivity contribution in [3.63, 3.8) is 0 Å². The van der Waals surface area contributed by atoms with Gasteiger partial charge in [0.2, 0.25) is 6.41 Å². The second-order valence-corrected chi connectivity index (χ2v) is 2.18. The highest BCUT2D eigenvalue weighted by Gasteiger charge is 2.12. The maximum absolute atomic E-state index is 10.7. The molecule has 0 unspecified atom stereocenters. The molecule has 0 spiro atoms. The first-order chi connectivity index (χ1) is 5.61. The van der Waals surface area contributed by atoms with Crippen molar-refractivity contribution in [1.82, 2.24) is 9.62 Å². The van der Waals surface area contributed by atoms with Crippen LogP contribution in [0.5, 0.6) is 0 Å². The Hall–Kier alpha value is -1.24. The number of rotatable bonds is 3. The number of thiol groups is 1. The molecule has 0 aliphatic carbocycles. The SMILES string of the molecule is COC(=O)CN(S)C(=O)NC=O. The monoisotopic (exact) mass is 192 g/mol. The van der Waals surface area contributed by atoms with E-state index < -0.39 is 12.0 Å². The lowest BCUT2D eigenvalue weighted by Gasteiger charge is -2.11. The summed E-state index contributed by atoms with van der Waals surface area (Å²) >= 11 is 3.61. The Balaban J connectivity index is 3.85. The van der Waals surface area contributed by atoms with Crippen LogP contribution in [0.3, 0.4) is 0 Å². The smallest absolute Gasteiger partial charge is 0.334 e. The molecule has 12 heavy (non-hydrogen) atoms. The van der Waals surface area contributed by atoms with Crippen molar-refractivity contribution < 1.29 is 19.1 Å². The molecule has 0 rings (SSSR count). The summed E-state index contributed by atoms with van der Waals surface area (Å²) in [6.07, 6.45) is 0.197. The number of methoxy groups -OCH3 is 1. The molecule has 0 aromatic rings. The lowest BCUT2D eigenvalue weighted by molar-refractivity contribution is -0.140. The summed E-state index contributed by atoms with van der Waals surface area (Å²) in [6.45, 7) is -0.320. The van der Waals surface area contributed by atoms with Gasteiger partial charge in [0, 0.05) is 0 Å². The Kier molecular flexibility index (Phi) is 4.86. The van der Waals surface area contributed by atoms with E-state index in [0.29, 0.717) is 0 Å². The molecular weight excluding hydrogens is 184 g/mol. The molecule has 0 heterocycles. The number of carbonyl (C=O) groups excluding carboxylic acids is 3. The molecule has 0 saturated heterocycles. The van der Waals surface area contributed by atoms with Gasteiger partial charge in [-0.05, 0) is 0 Å². The highest BCUT2D eigenvalue weighted by atomic mass is 32.1. The predicted octanol–water partition coefficient (Wildman–Crippen LogP) is -0.828. The van der Waals surface area contributed by atoms with E-state index in [0.717, 1.165) is 4.31 Å². The van der Waals surface area contributed by atoms with Gasteiger partial charge in [-0.15, -0.1) is 0 Å². The van der Waals surface area contributed by atoms with Gasteiger partial charge in [0.15, 0.2) is 0 Å². The Bertz CT molecular complexity index is 196. The first-order valence-corrected chi connectivity index (χ1v) is 3.29. The van der Waals surface area contributed by atoms with Crippen LogP contribution in [0.4, 0.5) is 4.79 Å². The van der Waals surface area contributed by atoms with Crippen molar-refractivity contribution in [1.29, 1.82) is 0 Å². The number of hydrogen-bond donors (Lipinski definition) is 2.